The van der Waals surface area contributed by atoms with E-state index in [1.54, 1.807) is 18.3 Å². The molecular weight excluding hydrogens is 753 g/mol. The highest BCUT2D eigenvalue weighted by molar-refractivity contribution is 7.47. The molecule has 2 unspecified atom stereocenters. The molecular formula is C40H60N7O9P. The van der Waals surface area contributed by atoms with E-state index in [9.17, 15) is 24.9 Å². The average Bonchev–Trinajstić information content (AvgIpc) is 3.76. The Bertz CT molecular complexity index is 1750. The molecule has 57 heavy (non-hydrogen) atoms. The van der Waals surface area contributed by atoms with E-state index >= 15 is 0 Å². The molecule has 1 fully saturated rings. The summed E-state index contributed by atoms with van der Waals surface area (Å²) < 4.78 is 42.0. The maximum Gasteiger partial charge on any atom is 0.472 e. The molecule has 4 heterocycles. The Morgan fingerprint density at radius 3 is 2.25 bits per heavy atom. The van der Waals surface area contributed by atoms with Crippen molar-refractivity contribution in [3.63, 3.8) is 0 Å². The van der Waals surface area contributed by atoms with Crippen molar-refractivity contribution >= 4 is 19.2 Å². The molecule has 0 aromatic carbocycles. The summed E-state index contributed by atoms with van der Waals surface area (Å²) in [4.78, 5) is 18.3. The molecule has 314 valence electrons. The number of ether oxygens (including phenoxy) is 3. The first-order valence-electron chi connectivity index (χ1n) is 20.3. The van der Waals surface area contributed by atoms with Gasteiger partial charge in [0.2, 0.25) is 5.60 Å². The Kier molecular flexibility index (Phi) is 19.8. The second-order valence-corrected chi connectivity index (χ2v) is 16.1. The van der Waals surface area contributed by atoms with Crippen LogP contribution in [0.5, 0.6) is 0 Å². The van der Waals surface area contributed by atoms with Gasteiger partial charge < -0.3 is 35.1 Å². The van der Waals surface area contributed by atoms with E-state index in [1.807, 2.05) is 18.2 Å². The number of nitrogens with zero attached hydrogens (tertiary/aromatic N) is 6. The summed E-state index contributed by atoms with van der Waals surface area (Å²) >= 11 is 0. The van der Waals surface area contributed by atoms with Crippen molar-refractivity contribution < 1.29 is 42.9 Å². The molecule has 5 N–H and O–H groups in total. The Morgan fingerprint density at radius 1 is 0.930 bits per heavy atom. The van der Waals surface area contributed by atoms with Gasteiger partial charge in [0.05, 0.1) is 38.2 Å². The number of nitrogen functional groups attached to an aromatic ring is 1. The average molecular weight is 814 g/mol. The summed E-state index contributed by atoms with van der Waals surface area (Å²) in [6, 6.07) is 10.4. The number of unbranched alkanes of at least 4 members (excludes halogenated alkanes) is 13. The number of rotatable bonds is 29. The molecule has 17 heteroatoms. The third kappa shape index (κ3) is 14.4. The van der Waals surface area contributed by atoms with Gasteiger partial charge in [-0.05, 0) is 36.6 Å². The highest BCUT2D eigenvalue weighted by Gasteiger charge is 2.58. The molecule has 0 saturated carbocycles. The number of aliphatic hydroxyl groups excluding tert-OH is 2. The molecule has 6 atom stereocenters. The summed E-state index contributed by atoms with van der Waals surface area (Å²) in [5.74, 6) is 0.131. The van der Waals surface area contributed by atoms with E-state index in [0.29, 0.717) is 24.4 Å². The van der Waals surface area contributed by atoms with Crippen molar-refractivity contribution in [3.05, 3.63) is 53.7 Å². The highest BCUT2D eigenvalue weighted by atomic mass is 31.2. The van der Waals surface area contributed by atoms with Gasteiger partial charge in [0.1, 0.15) is 48.0 Å². The molecule has 1 aliphatic heterocycles. The number of nitrogens with two attached hydrogens (primary N) is 1. The number of aromatic nitrogens is 4. The number of phosphoric acid groups is 1. The fourth-order valence-electron chi connectivity index (χ4n) is 6.88. The molecule has 0 bridgehead atoms. The second-order valence-electron chi connectivity index (χ2n) is 14.6. The van der Waals surface area contributed by atoms with Crippen LogP contribution in [0.2, 0.25) is 0 Å². The molecule has 1 aliphatic rings. The monoisotopic (exact) mass is 813 g/mol. The molecule has 0 spiro atoms. The van der Waals surface area contributed by atoms with E-state index in [2.05, 4.69) is 22.0 Å². The van der Waals surface area contributed by atoms with Crippen molar-refractivity contribution in [1.82, 2.24) is 19.6 Å². The third-order valence-corrected chi connectivity index (χ3v) is 11.2. The van der Waals surface area contributed by atoms with Gasteiger partial charge in [-0.3, -0.25) is 9.05 Å². The first-order valence-corrected chi connectivity index (χ1v) is 21.8. The smallest absolute Gasteiger partial charge is 0.387 e. The molecule has 4 rings (SSSR count). The molecule has 16 nitrogen and oxygen atoms in total. The largest absolute Gasteiger partial charge is 0.472 e. The number of pyridine rings is 1. The summed E-state index contributed by atoms with van der Waals surface area (Å²) in [5, 5.41) is 44.8. The zero-order valence-corrected chi connectivity index (χ0v) is 34.0. The van der Waals surface area contributed by atoms with Crippen LogP contribution in [0, 0.1) is 22.7 Å². The lowest BCUT2D eigenvalue weighted by Gasteiger charge is -2.24. The van der Waals surface area contributed by atoms with Crippen LogP contribution in [0.15, 0.2) is 36.8 Å². The second kappa shape index (κ2) is 24.4. The van der Waals surface area contributed by atoms with Gasteiger partial charge in [-0.25, -0.2) is 19.0 Å². The van der Waals surface area contributed by atoms with Gasteiger partial charge in [-0.1, -0.05) is 103 Å². The van der Waals surface area contributed by atoms with Gasteiger partial charge in [0.25, 0.3) is 0 Å². The van der Waals surface area contributed by atoms with Crippen LogP contribution in [-0.2, 0) is 40.0 Å². The van der Waals surface area contributed by atoms with Crippen molar-refractivity contribution in [3.8, 4) is 12.1 Å². The molecule has 3 aromatic rings. The fraction of sp³-hybridized carbons (Fsp3) is 0.675. The minimum Gasteiger partial charge on any atom is -0.387 e. The molecule has 1 saturated heterocycles. The molecule has 0 aliphatic carbocycles. The van der Waals surface area contributed by atoms with Crippen LogP contribution in [0.1, 0.15) is 127 Å². The number of hydrogen-bond acceptors (Lipinski definition) is 14. The summed E-state index contributed by atoms with van der Waals surface area (Å²) in [6.45, 7) is 2.33. The van der Waals surface area contributed by atoms with Crippen molar-refractivity contribution in [1.29, 1.82) is 10.5 Å². The SMILES string of the molecule is CCCCCCCCCCCCCCCCC(COCCCOP(=O)(O)OC[C@H]1O[C@@](C#N)(c2ccc3c(N)ncnn23)[C@H](O)[C@@H]1O)OCc1ccc(C#N)nc1. The number of fused-ring (bicyclic) bond motifs is 1. The summed E-state index contributed by atoms with van der Waals surface area (Å²) in [6.07, 6.45) is 16.9. The summed E-state index contributed by atoms with van der Waals surface area (Å²) in [7, 11) is -4.61. The van der Waals surface area contributed by atoms with E-state index in [0.717, 1.165) is 24.8 Å². The predicted molar refractivity (Wildman–Crippen MR) is 211 cm³/mol. The van der Waals surface area contributed by atoms with Crippen LogP contribution in [0.4, 0.5) is 5.82 Å². The van der Waals surface area contributed by atoms with Crippen molar-refractivity contribution in [2.75, 3.05) is 32.2 Å². The van der Waals surface area contributed by atoms with Crippen LogP contribution in [0.3, 0.4) is 0 Å². The van der Waals surface area contributed by atoms with Crippen LogP contribution < -0.4 is 5.73 Å². The van der Waals surface area contributed by atoms with Gasteiger partial charge >= 0.3 is 7.82 Å². The van der Waals surface area contributed by atoms with Crippen LogP contribution >= 0.6 is 7.82 Å². The van der Waals surface area contributed by atoms with Gasteiger partial charge in [-0.2, -0.15) is 15.6 Å². The number of hydrogen-bond donors (Lipinski definition) is 4. The maximum atomic E-state index is 12.7. The Hall–Kier alpha value is -3.54. The van der Waals surface area contributed by atoms with Crippen LogP contribution in [-0.4, -0.2) is 85.5 Å². The van der Waals surface area contributed by atoms with E-state index in [4.69, 9.17) is 34.3 Å². The quantitative estimate of drug-likeness (QED) is 0.0437. The first-order chi connectivity index (χ1) is 27.6. The standard InChI is InChI=1S/C40H60N7O9P/c1-2-3-4-5-6-7-8-9-10-11-12-13-14-15-17-33(53-26-31-18-19-32(24-41)44-25-31)27-52-22-16-23-54-57(50,51)55-28-35-37(48)38(49)40(29-42,56-35)36-21-20-34-39(43)45-30-46-47(34)36/h18-21,25,30,33,35,37-38,48-49H,2-17,22-23,26-28H2,1H3,(H,50,51)(H2,43,45,46)/t33?,35-,37-,38-,40+/m1/s1. The lowest BCUT2D eigenvalue weighted by atomic mass is 9.92. The van der Waals surface area contributed by atoms with Gasteiger partial charge in [-0.15, -0.1) is 0 Å². The summed E-state index contributed by atoms with van der Waals surface area (Å²) in [5.41, 5.74) is 5.46. The van der Waals surface area contributed by atoms with Crippen molar-refractivity contribution in [2.24, 2.45) is 0 Å². The first kappa shape index (κ1) is 46.2. The minimum atomic E-state index is -4.61. The van der Waals surface area contributed by atoms with E-state index < -0.39 is 38.3 Å². The van der Waals surface area contributed by atoms with E-state index in [-0.39, 0.29) is 37.3 Å². The zero-order valence-electron chi connectivity index (χ0n) is 33.1. The van der Waals surface area contributed by atoms with Crippen molar-refractivity contribution in [2.45, 2.75) is 146 Å². The zero-order chi connectivity index (χ0) is 40.9. The Labute approximate surface area is 335 Å². The predicted octanol–water partition coefficient (Wildman–Crippen LogP) is 6.41. The molecule has 0 radical (unpaired) electrons. The minimum absolute atomic E-state index is 0.0880. The normalized spacial score (nSPS) is 21.0. The van der Waals surface area contributed by atoms with Crippen LogP contribution in [0.25, 0.3) is 5.52 Å². The highest BCUT2D eigenvalue weighted by Crippen LogP contribution is 2.46. The number of anilines is 1. The number of nitriles is 2. The third-order valence-electron chi connectivity index (χ3n) is 10.2. The van der Waals surface area contributed by atoms with E-state index in [1.165, 1.54) is 94.0 Å². The Morgan fingerprint density at radius 2 is 1.61 bits per heavy atom. The molecule has 3 aromatic heterocycles. The topological polar surface area (TPSA) is 241 Å². The lowest BCUT2D eigenvalue weighted by molar-refractivity contribution is -0.0645. The molecule has 0 amide bonds. The number of phosphoric ester groups is 1. The van der Waals surface area contributed by atoms with Gasteiger partial charge in [0.15, 0.2) is 5.82 Å². The fourth-order valence-corrected chi connectivity index (χ4v) is 7.65. The van der Waals surface area contributed by atoms with Gasteiger partial charge in [0, 0.05) is 12.8 Å². The maximum absolute atomic E-state index is 12.7. The number of aliphatic hydroxyl groups is 2. The lowest BCUT2D eigenvalue weighted by Crippen LogP contribution is -2.41. The Balaban J connectivity index is 1.14.